The Bertz CT molecular complexity index is 476. The van der Waals surface area contributed by atoms with E-state index in [-0.39, 0.29) is 0 Å². The summed E-state index contributed by atoms with van der Waals surface area (Å²) in [5.74, 6) is 0.855. The molecule has 27 heavy (non-hydrogen) atoms. The molecule has 0 fully saturated rings. The molecule has 2 nitrogen and oxygen atoms in total. The Hall–Kier alpha value is -1.57. The highest BCUT2D eigenvalue weighted by Crippen LogP contribution is 2.13. The molecule has 0 aliphatic heterocycles. The molecule has 1 rings (SSSR count). The van der Waals surface area contributed by atoms with Gasteiger partial charge in [-0.2, -0.15) is 0 Å². The van der Waals surface area contributed by atoms with E-state index in [4.69, 9.17) is 4.74 Å². The van der Waals surface area contributed by atoms with Crippen molar-refractivity contribution in [1.29, 1.82) is 0 Å². The maximum Gasteiger partial charge on any atom is 0.150 e. The van der Waals surface area contributed by atoms with E-state index in [1.165, 1.54) is 83.5 Å². The fourth-order valence-electron chi connectivity index (χ4n) is 3.18. The molecule has 0 N–H and O–H groups in total. The molecule has 0 bridgehead atoms. The molecule has 1 aromatic rings. The number of aldehydes is 1. The average molecular weight is 373 g/mol. The van der Waals surface area contributed by atoms with Gasteiger partial charge in [-0.3, -0.25) is 4.79 Å². The van der Waals surface area contributed by atoms with Gasteiger partial charge in [-0.1, -0.05) is 76.9 Å². The zero-order valence-corrected chi connectivity index (χ0v) is 17.5. The number of allylic oxidation sites excluding steroid dienone is 2. The van der Waals surface area contributed by atoms with E-state index < -0.39 is 0 Å². The van der Waals surface area contributed by atoms with E-state index in [0.29, 0.717) is 5.56 Å². The van der Waals surface area contributed by atoms with Crippen molar-refractivity contribution in [3.63, 3.8) is 0 Å². The van der Waals surface area contributed by atoms with Gasteiger partial charge in [-0.25, -0.2) is 0 Å². The second kappa shape index (κ2) is 17.8. The van der Waals surface area contributed by atoms with Crippen LogP contribution in [0.4, 0.5) is 0 Å². The van der Waals surface area contributed by atoms with Crippen molar-refractivity contribution in [2.45, 2.75) is 96.8 Å². The molecule has 0 atom stereocenters. The molecule has 1 aromatic carbocycles. The van der Waals surface area contributed by atoms with Crippen LogP contribution in [-0.2, 0) is 0 Å². The second-order valence-corrected chi connectivity index (χ2v) is 7.47. The fraction of sp³-hybridized carbons (Fsp3) is 0.640. The van der Waals surface area contributed by atoms with E-state index in [1.807, 2.05) is 12.1 Å². The van der Waals surface area contributed by atoms with Gasteiger partial charge >= 0.3 is 0 Å². The van der Waals surface area contributed by atoms with Crippen molar-refractivity contribution in [2.24, 2.45) is 0 Å². The summed E-state index contributed by atoms with van der Waals surface area (Å²) >= 11 is 0. The van der Waals surface area contributed by atoms with E-state index in [1.54, 1.807) is 12.1 Å². The van der Waals surface area contributed by atoms with Crippen LogP contribution >= 0.6 is 0 Å². The summed E-state index contributed by atoms with van der Waals surface area (Å²) in [6.45, 7) is 3.04. The largest absolute Gasteiger partial charge is 0.494 e. The van der Waals surface area contributed by atoms with Gasteiger partial charge in [0.1, 0.15) is 12.0 Å². The van der Waals surface area contributed by atoms with E-state index in [0.717, 1.165) is 25.1 Å². The molecule has 0 heterocycles. The van der Waals surface area contributed by atoms with Gasteiger partial charge in [0.05, 0.1) is 6.61 Å². The third-order valence-electron chi connectivity index (χ3n) is 4.94. The van der Waals surface area contributed by atoms with E-state index in [9.17, 15) is 4.79 Å². The highest BCUT2D eigenvalue weighted by atomic mass is 16.5. The molecule has 0 radical (unpaired) electrons. The van der Waals surface area contributed by atoms with E-state index in [2.05, 4.69) is 19.1 Å². The van der Waals surface area contributed by atoms with Gasteiger partial charge in [0, 0.05) is 5.56 Å². The first kappa shape index (κ1) is 23.5. The number of hydrogen-bond acceptors (Lipinski definition) is 2. The van der Waals surface area contributed by atoms with Gasteiger partial charge < -0.3 is 4.74 Å². The summed E-state index contributed by atoms with van der Waals surface area (Å²) in [6, 6.07) is 7.32. The lowest BCUT2D eigenvalue weighted by Crippen LogP contribution is -1.97. The molecule has 152 valence electrons. The monoisotopic (exact) mass is 372 g/mol. The number of carbonyl (C=O) groups excluding carboxylic acids is 1. The highest BCUT2D eigenvalue weighted by Gasteiger charge is 1.96. The molecular formula is C25H40O2. The van der Waals surface area contributed by atoms with Crippen LogP contribution in [-0.4, -0.2) is 12.9 Å². The first-order valence-electron chi connectivity index (χ1n) is 11.2. The van der Waals surface area contributed by atoms with Crippen LogP contribution < -0.4 is 4.74 Å². The number of benzene rings is 1. The zero-order valence-electron chi connectivity index (χ0n) is 17.5. The van der Waals surface area contributed by atoms with Crippen molar-refractivity contribution >= 4 is 6.29 Å². The van der Waals surface area contributed by atoms with Gasteiger partial charge in [0.25, 0.3) is 0 Å². The first-order chi connectivity index (χ1) is 13.4. The van der Waals surface area contributed by atoms with Crippen molar-refractivity contribution < 1.29 is 9.53 Å². The van der Waals surface area contributed by atoms with Crippen LogP contribution in [0.3, 0.4) is 0 Å². The first-order valence-corrected chi connectivity index (χ1v) is 11.2. The van der Waals surface area contributed by atoms with Crippen LogP contribution in [0.2, 0.25) is 0 Å². The summed E-state index contributed by atoms with van der Waals surface area (Å²) < 4.78 is 5.70. The highest BCUT2D eigenvalue weighted by molar-refractivity contribution is 5.74. The van der Waals surface area contributed by atoms with Crippen molar-refractivity contribution in [2.75, 3.05) is 6.61 Å². The third kappa shape index (κ3) is 14.2. The SMILES string of the molecule is CCCCCCCC/C=C/CCCCCCCCOc1ccc(C=O)cc1. The summed E-state index contributed by atoms with van der Waals surface area (Å²) in [6.07, 6.45) is 24.1. The topological polar surface area (TPSA) is 26.3 Å². The molecule has 0 aliphatic rings. The Morgan fingerprint density at radius 3 is 1.78 bits per heavy atom. The van der Waals surface area contributed by atoms with Gasteiger partial charge in [0.15, 0.2) is 0 Å². The minimum atomic E-state index is 0.694. The molecule has 0 aromatic heterocycles. The van der Waals surface area contributed by atoms with Gasteiger partial charge in [0.2, 0.25) is 0 Å². The zero-order chi connectivity index (χ0) is 19.4. The van der Waals surface area contributed by atoms with Crippen LogP contribution in [0.25, 0.3) is 0 Å². The molecule has 0 unspecified atom stereocenters. The molecular weight excluding hydrogens is 332 g/mol. The number of rotatable bonds is 18. The Labute approximate surface area is 167 Å². The molecule has 2 heteroatoms. The Morgan fingerprint density at radius 1 is 0.704 bits per heavy atom. The Kier molecular flexibility index (Phi) is 15.5. The number of carbonyl (C=O) groups is 1. The minimum absolute atomic E-state index is 0.694. The lowest BCUT2D eigenvalue weighted by atomic mass is 10.1. The Balaban J connectivity index is 1.80. The molecule has 0 spiro atoms. The van der Waals surface area contributed by atoms with E-state index >= 15 is 0 Å². The summed E-state index contributed by atoms with van der Waals surface area (Å²) in [5.41, 5.74) is 0.694. The van der Waals surface area contributed by atoms with Crippen LogP contribution in [0.5, 0.6) is 5.75 Å². The van der Waals surface area contributed by atoms with Crippen molar-refractivity contribution in [3.05, 3.63) is 42.0 Å². The third-order valence-corrected chi connectivity index (χ3v) is 4.94. The predicted molar refractivity (Wildman–Crippen MR) is 117 cm³/mol. The molecule has 0 saturated carbocycles. The summed E-state index contributed by atoms with van der Waals surface area (Å²) in [5, 5.41) is 0. The lowest BCUT2D eigenvalue weighted by Gasteiger charge is -2.06. The number of hydrogen-bond donors (Lipinski definition) is 0. The second-order valence-electron chi connectivity index (χ2n) is 7.47. The van der Waals surface area contributed by atoms with Crippen LogP contribution in [0.15, 0.2) is 36.4 Å². The maximum atomic E-state index is 10.6. The Morgan fingerprint density at radius 2 is 1.22 bits per heavy atom. The molecule has 0 amide bonds. The van der Waals surface area contributed by atoms with Crippen LogP contribution in [0.1, 0.15) is 107 Å². The normalized spacial score (nSPS) is 11.1. The smallest absolute Gasteiger partial charge is 0.150 e. The van der Waals surface area contributed by atoms with Gasteiger partial charge in [-0.05, 0) is 56.4 Å². The van der Waals surface area contributed by atoms with Crippen molar-refractivity contribution in [1.82, 2.24) is 0 Å². The predicted octanol–water partition coefficient (Wildman–Crippen LogP) is 7.92. The average Bonchev–Trinajstić information content (AvgIpc) is 2.70. The molecule has 0 aliphatic carbocycles. The summed E-state index contributed by atoms with van der Waals surface area (Å²) in [4.78, 5) is 10.6. The standard InChI is InChI=1S/C25H40O2/c1-2-3-4-5-6-7-8-9-10-11-12-13-14-15-16-17-22-27-25-20-18-24(23-26)19-21-25/h9-10,18-21,23H,2-8,11-17,22H2,1H3/b10-9+. The molecule has 0 saturated heterocycles. The van der Waals surface area contributed by atoms with Crippen molar-refractivity contribution in [3.8, 4) is 5.75 Å². The van der Waals surface area contributed by atoms with Gasteiger partial charge in [-0.15, -0.1) is 0 Å². The number of ether oxygens (including phenoxy) is 1. The minimum Gasteiger partial charge on any atom is -0.494 e. The fourth-order valence-corrected chi connectivity index (χ4v) is 3.18. The number of unbranched alkanes of at least 4 members (excludes halogenated alkanes) is 12. The quantitative estimate of drug-likeness (QED) is 0.149. The summed E-state index contributed by atoms with van der Waals surface area (Å²) in [7, 11) is 0. The van der Waals surface area contributed by atoms with Crippen LogP contribution in [0, 0.1) is 0 Å². The lowest BCUT2D eigenvalue weighted by molar-refractivity contribution is 0.112. The maximum absolute atomic E-state index is 10.6.